The van der Waals surface area contributed by atoms with Gasteiger partial charge in [0.15, 0.2) is 0 Å². The van der Waals surface area contributed by atoms with E-state index in [1.54, 1.807) is 24.3 Å². The van der Waals surface area contributed by atoms with Crippen LogP contribution >= 0.6 is 0 Å². The quantitative estimate of drug-likeness (QED) is 0.527. The summed E-state index contributed by atoms with van der Waals surface area (Å²) in [6.07, 6.45) is 0. The van der Waals surface area contributed by atoms with Gasteiger partial charge in [-0.3, -0.25) is 4.90 Å². The van der Waals surface area contributed by atoms with Crippen LogP contribution in [0.5, 0.6) is 0 Å². The predicted octanol–water partition coefficient (Wildman–Crippen LogP) is 5.23. The number of esters is 2. The Balaban J connectivity index is 1.69. The first-order valence-electron chi connectivity index (χ1n) is 11.1. The largest absolute Gasteiger partial charge is 0.461 e. The van der Waals surface area contributed by atoms with Crippen molar-refractivity contribution >= 4 is 11.9 Å². The van der Waals surface area contributed by atoms with Gasteiger partial charge in [-0.25, -0.2) is 9.59 Å². The minimum absolute atomic E-state index is 0.0461. The molecule has 5 nitrogen and oxygen atoms in total. The third-order valence-corrected chi connectivity index (χ3v) is 5.39. The lowest BCUT2D eigenvalue weighted by Gasteiger charge is -2.19. The summed E-state index contributed by atoms with van der Waals surface area (Å²) in [5.41, 5.74) is 3.54. The van der Waals surface area contributed by atoms with E-state index < -0.39 is 0 Å². The van der Waals surface area contributed by atoms with Gasteiger partial charge in [0.1, 0.15) is 13.2 Å². The average Bonchev–Trinajstić information content (AvgIpc) is 2.72. The molecule has 174 valence electrons. The summed E-state index contributed by atoms with van der Waals surface area (Å²) in [5.74, 6) is -0.659. The Kier molecular flexibility index (Phi) is 8.62. The molecule has 0 bridgehead atoms. The van der Waals surface area contributed by atoms with Crippen molar-refractivity contribution in [3.63, 3.8) is 0 Å². The van der Waals surface area contributed by atoms with Crippen molar-refractivity contribution in [3.8, 4) is 0 Å². The molecule has 32 heavy (non-hydrogen) atoms. The number of ether oxygens (including phenoxy) is 2. The van der Waals surface area contributed by atoms with Crippen LogP contribution in [0.2, 0.25) is 0 Å². The second-order valence-electron chi connectivity index (χ2n) is 10.2. The van der Waals surface area contributed by atoms with E-state index in [2.05, 4.69) is 41.5 Å². The standard InChI is InChI=1S/C27H37NO4/c1-26(2,3)22-12-8-20(9-13-22)24(29)31-18-16-28(7)17-19-32-25(30)21-10-14-23(15-11-21)27(4,5)6/h8-15H,16-19H2,1-7H3. The van der Waals surface area contributed by atoms with Crippen molar-refractivity contribution in [3.05, 3.63) is 70.8 Å². The highest BCUT2D eigenvalue weighted by atomic mass is 16.5. The summed E-state index contributed by atoms with van der Waals surface area (Å²) < 4.78 is 10.7. The van der Waals surface area contributed by atoms with Crippen LogP contribution in [-0.2, 0) is 20.3 Å². The Morgan fingerprint density at radius 1 is 0.656 bits per heavy atom. The Labute approximate surface area is 192 Å². The van der Waals surface area contributed by atoms with Crippen molar-refractivity contribution in [1.29, 1.82) is 0 Å². The summed E-state index contributed by atoms with van der Waals surface area (Å²) in [6.45, 7) is 14.5. The summed E-state index contributed by atoms with van der Waals surface area (Å²) in [7, 11) is 1.90. The lowest BCUT2D eigenvalue weighted by molar-refractivity contribution is 0.0419. The van der Waals surface area contributed by atoms with Gasteiger partial charge in [0, 0.05) is 13.1 Å². The number of carbonyl (C=O) groups is 2. The smallest absolute Gasteiger partial charge is 0.338 e. The number of benzene rings is 2. The normalized spacial score (nSPS) is 12.0. The number of hydrogen-bond acceptors (Lipinski definition) is 5. The van der Waals surface area contributed by atoms with Crippen molar-refractivity contribution in [2.45, 2.75) is 52.4 Å². The van der Waals surface area contributed by atoms with Gasteiger partial charge in [0.05, 0.1) is 11.1 Å². The third-order valence-electron chi connectivity index (χ3n) is 5.39. The summed E-state index contributed by atoms with van der Waals surface area (Å²) in [5, 5.41) is 0. The zero-order chi connectivity index (χ0) is 23.9. The second kappa shape index (κ2) is 10.8. The van der Waals surface area contributed by atoms with Crippen molar-refractivity contribution in [2.75, 3.05) is 33.4 Å². The van der Waals surface area contributed by atoms with E-state index in [0.29, 0.717) is 24.2 Å². The Bertz CT molecular complexity index is 812. The molecule has 2 rings (SSSR count). The van der Waals surface area contributed by atoms with Crippen molar-refractivity contribution < 1.29 is 19.1 Å². The average molecular weight is 440 g/mol. The zero-order valence-electron chi connectivity index (χ0n) is 20.5. The van der Waals surface area contributed by atoms with Gasteiger partial charge in [0.2, 0.25) is 0 Å². The van der Waals surface area contributed by atoms with Gasteiger partial charge in [-0.15, -0.1) is 0 Å². The minimum atomic E-state index is -0.330. The fraction of sp³-hybridized carbons (Fsp3) is 0.481. The molecule has 0 atom stereocenters. The maximum absolute atomic E-state index is 12.2. The molecular weight excluding hydrogens is 402 g/mol. The molecule has 0 aliphatic rings. The highest BCUT2D eigenvalue weighted by Crippen LogP contribution is 2.23. The van der Waals surface area contributed by atoms with E-state index in [1.807, 2.05) is 36.2 Å². The summed E-state index contributed by atoms with van der Waals surface area (Å²) in [4.78, 5) is 26.4. The van der Waals surface area contributed by atoms with Gasteiger partial charge in [-0.05, 0) is 53.3 Å². The maximum atomic E-state index is 12.2. The van der Waals surface area contributed by atoms with Crippen LogP contribution < -0.4 is 0 Å². The molecule has 0 heterocycles. The summed E-state index contributed by atoms with van der Waals surface area (Å²) in [6, 6.07) is 15.1. The second-order valence-corrected chi connectivity index (χ2v) is 10.2. The molecule has 0 spiro atoms. The molecule has 2 aromatic rings. The minimum Gasteiger partial charge on any atom is -0.461 e. The van der Waals surface area contributed by atoms with Gasteiger partial charge < -0.3 is 9.47 Å². The fourth-order valence-electron chi connectivity index (χ4n) is 3.08. The van der Waals surface area contributed by atoms with E-state index in [9.17, 15) is 9.59 Å². The molecular formula is C27H37NO4. The molecule has 0 unspecified atom stereocenters. The zero-order valence-corrected chi connectivity index (χ0v) is 20.5. The van der Waals surface area contributed by atoms with Gasteiger partial charge in [-0.1, -0.05) is 65.8 Å². The first kappa shape index (κ1) is 25.6. The first-order valence-corrected chi connectivity index (χ1v) is 11.1. The number of hydrogen-bond donors (Lipinski definition) is 0. The molecule has 2 aromatic carbocycles. The molecule has 0 aliphatic carbocycles. The molecule has 0 N–H and O–H groups in total. The molecule has 0 aromatic heterocycles. The van der Waals surface area contributed by atoms with Crippen LogP contribution in [0, 0.1) is 0 Å². The van der Waals surface area contributed by atoms with Gasteiger partial charge >= 0.3 is 11.9 Å². The summed E-state index contributed by atoms with van der Waals surface area (Å²) >= 11 is 0. The van der Waals surface area contributed by atoms with Crippen LogP contribution in [-0.4, -0.2) is 50.2 Å². The molecule has 0 amide bonds. The topological polar surface area (TPSA) is 55.8 Å². The van der Waals surface area contributed by atoms with Crippen LogP contribution in [0.3, 0.4) is 0 Å². The van der Waals surface area contributed by atoms with Crippen LogP contribution in [0.25, 0.3) is 0 Å². The van der Waals surface area contributed by atoms with Crippen molar-refractivity contribution in [1.82, 2.24) is 4.90 Å². The SMILES string of the molecule is CN(CCOC(=O)c1ccc(C(C)(C)C)cc1)CCOC(=O)c1ccc(C(C)(C)C)cc1. The Hall–Kier alpha value is -2.66. The van der Waals surface area contributed by atoms with Gasteiger partial charge in [0.25, 0.3) is 0 Å². The highest BCUT2D eigenvalue weighted by Gasteiger charge is 2.16. The molecule has 0 fully saturated rings. The van der Waals surface area contributed by atoms with Crippen molar-refractivity contribution in [2.24, 2.45) is 0 Å². The van der Waals surface area contributed by atoms with Crippen LogP contribution in [0.1, 0.15) is 73.4 Å². The molecule has 0 saturated carbocycles. The Morgan fingerprint density at radius 2 is 0.969 bits per heavy atom. The first-order chi connectivity index (χ1) is 14.9. The van der Waals surface area contributed by atoms with E-state index in [4.69, 9.17) is 9.47 Å². The molecule has 0 aliphatic heterocycles. The maximum Gasteiger partial charge on any atom is 0.338 e. The number of carbonyl (C=O) groups excluding carboxylic acids is 2. The predicted molar refractivity (Wildman–Crippen MR) is 128 cm³/mol. The highest BCUT2D eigenvalue weighted by molar-refractivity contribution is 5.89. The number of rotatable bonds is 8. The van der Waals surface area contributed by atoms with Crippen LogP contribution in [0.15, 0.2) is 48.5 Å². The Morgan fingerprint density at radius 3 is 1.25 bits per heavy atom. The van der Waals surface area contributed by atoms with E-state index >= 15 is 0 Å². The lowest BCUT2D eigenvalue weighted by Crippen LogP contribution is -2.28. The van der Waals surface area contributed by atoms with Crippen LogP contribution in [0.4, 0.5) is 0 Å². The third kappa shape index (κ3) is 7.79. The van der Waals surface area contributed by atoms with E-state index in [-0.39, 0.29) is 36.0 Å². The van der Waals surface area contributed by atoms with Gasteiger partial charge in [-0.2, -0.15) is 0 Å². The lowest BCUT2D eigenvalue weighted by atomic mass is 9.87. The van der Waals surface area contributed by atoms with E-state index in [1.165, 1.54) is 11.1 Å². The molecule has 0 saturated heterocycles. The van der Waals surface area contributed by atoms with E-state index in [0.717, 1.165) is 0 Å². The monoisotopic (exact) mass is 439 g/mol. The molecule has 5 heteroatoms. The number of likely N-dealkylation sites (N-methyl/N-ethyl adjacent to an activating group) is 1. The molecule has 0 radical (unpaired) electrons. The number of nitrogens with zero attached hydrogens (tertiary/aromatic N) is 1. The fourth-order valence-corrected chi connectivity index (χ4v) is 3.08.